The molecule has 1 aromatic carbocycles. The number of ketones is 1. The molecule has 0 atom stereocenters. The topological polar surface area (TPSA) is 43.4 Å². The number of benzene rings is 1. The van der Waals surface area contributed by atoms with Crippen molar-refractivity contribution < 1.29 is 14.3 Å². The Balaban J connectivity index is 1.98. The van der Waals surface area contributed by atoms with Gasteiger partial charge in [-0.3, -0.25) is 9.59 Å². The first kappa shape index (κ1) is 15.6. The lowest BCUT2D eigenvalue weighted by atomic mass is 10.1. The summed E-state index contributed by atoms with van der Waals surface area (Å²) in [5.41, 5.74) is 0.813. The third-order valence-electron chi connectivity index (χ3n) is 3.58. The Kier molecular flexibility index (Phi) is 4.91. The summed E-state index contributed by atoms with van der Waals surface area (Å²) < 4.78 is 5.68. The van der Waals surface area contributed by atoms with E-state index in [0.29, 0.717) is 12.0 Å². The normalized spacial score (nSPS) is 15.8. The molecule has 0 bridgehead atoms. The van der Waals surface area contributed by atoms with E-state index in [0.717, 1.165) is 28.0 Å². The molecule has 3 nitrogen and oxygen atoms in total. The van der Waals surface area contributed by atoms with E-state index in [2.05, 4.69) is 15.9 Å². The van der Waals surface area contributed by atoms with Crippen molar-refractivity contribution in [3.05, 3.63) is 28.2 Å². The minimum absolute atomic E-state index is 0.0617. The van der Waals surface area contributed by atoms with Gasteiger partial charge in [0, 0.05) is 20.7 Å². The third kappa shape index (κ3) is 3.85. The van der Waals surface area contributed by atoms with Crippen molar-refractivity contribution in [2.45, 2.75) is 31.1 Å². The van der Waals surface area contributed by atoms with Crippen molar-refractivity contribution in [2.24, 2.45) is 5.41 Å². The highest BCUT2D eigenvalue weighted by Crippen LogP contribution is 2.52. The standard InChI is InChI=1S/C15H17BrO3S/c1-10(17)11-3-4-13(12(16)7-11)20-9-15(5-6-15)8-14(18)19-2/h3-4,7H,5-6,8-9H2,1-2H3. The van der Waals surface area contributed by atoms with Crippen molar-refractivity contribution >= 4 is 39.4 Å². The highest BCUT2D eigenvalue weighted by atomic mass is 79.9. The predicted molar refractivity (Wildman–Crippen MR) is 83.2 cm³/mol. The molecule has 0 aromatic heterocycles. The number of carbonyl (C=O) groups is 2. The van der Waals surface area contributed by atoms with Gasteiger partial charge in [0.05, 0.1) is 13.5 Å². The number of thioether (sulfide) groups is 1. The van der Waals surface area contributed by atoms with Gasteiger partial charge in [-0.15, -0.1) is 11.8 Å². The van der Waals surface area contributed by atoms with Crippen molar-refractivity contribution in [2.75, 3.05) is 12.9 Å². The maximum atomic E-state index is 11.4. The summed E-state index contributed by atoms with van der Waals surface area (Å²) in [5, 5.41) is 0. The Morgan fingerprint density at radius 3 is 2.60 bits per heavy atom. The molecular weight excluding hydrogens is 340 g/mol. The van der Waals surface area contributed by atoms with Gasteiger partial charge in [-0.05, 0) is 53.2 Å². The number of hydrogen-bond donors (Lipinski definition) is 0. The summed E-state index contributed by atoms with van der Waals surface area (Å²) >= 11 is 5.23. The number of esters is 1. The van der Waals surface area contributed by atoms with Crippen LogP contribution in [0.3, 0.4) is 0 Å². The molecule has 0 unspecified atom stereocenters. The Bertz CT molecular complexity index is 538. The van der Waals surface area contributed by atoms with E-state index in [-0.39, 0.29) is 17.2 Å². The Morgan fingerprint density at radius 1 is 1.40 bits per heavy atom. The minimum Gasteiger partial charge on any atom is -0.469 e. The van der Waals surface area contributed by atoms with Gasteiger partial charge in [0.2, 0.25) is 0 Å². The molecule has 0 saturated heterocycles. The van der Waals surface area contributed by atoms with Crippen LogP contribution in [-0.4, -0.2) is 24.6 Å². The second kappa shape index (κ2) is 6.31. The van der Waals surface area contributed by atoms with Crippen LogP contribution in [0.15, 0.2) is 27.6 Å². The molecule has 0 N–H and O–H groups in total. The molecule has 1 aliphatic rings. The average molecular weight is 357 g/mol. The minimum atomic E-state index is -0.130. The second-order valence-electron chi connectivity index (χ2n) is 5.24. The molecule has 1 fully saturated rings. The van der Waals surface area contributed by atoms with Crippen LogP contribution >= 0.6 is 27.7 Å². The van der Waals surface area contributed by atoms with Gasteiger partial charge < -0.3 is 4.74 Å². The maximum Gasteiger partial charge on any atom is 0.306 e. The summed E-state index contributed by atoms with van der Waals surface area (Å²) in [6.07, 6.45) is 2.66. The van der Waals surface area contributed by atoms with E-state index in [4.69, 9.17) is 4.74 Å². The number of Topliss-reactive ketones (excluding diaryl/α,β-unsaturated/α-hetero) is 1. The highest BCUT2D eigenvalue weighted by Gasteiger charge is 2.44. The van der Waals surface area contributed by atoms with Gasteiger partial charge in [0.25, 0.3) is 0 Å². The number of carbonyl (C=O) groups excluding carboxylic acids is 2. The van der Waals surface area contributed by atoms with E-state index >= 15 is 0 Å². The molecular formula is C15H17BrO3S. The van der Waals surface area contributed by atoms with Crippen molar-refractivity contribution in [3.8, 4) is 0 Å². The van der Waals surface area contributed by atoms with Crippen LogP contribution in [-0.2, 0) is 9.53 Å². The third-order valence-corrected chi connectivity index (χ3v) is 5.92. The summed E-state index contributed by atoms with van der Waals surface area (Å²) in [6.45, 7) is 1.56. The number of rotatable bonds is 6. The first-order valence-electron chi connectivity index (χ1n) is 6.46. The van der Waals surface area contributed by atoms with E-state index in [1.165, 1.54) is 7.11 Å². The number of methoxy groups -OCH3 is 1. The van der Waals surface area contributed by atoms with Crippen LogP contribution in [0.1, 0.15) is 36.5 Å². The van der Waals surface area contributed by atoms with Gasteiger partial charge >= 0.3 is 5.97 Å². The van der Waals surface area contributed by atoms with Gasteiger partial charge in [0.15, 0.2) is 5.78 Å². The highest BCUT2D eigenvalue weighted by molar-refractivity contribution is 9.10. The van der Waals surface area contributed by atoms with E-state index in [1.807, 2.05) is 18.2 Å². The Hall–Kier alpha value is -0.810. The zero-order valence-corrected chi connectivity index (χ0v) is 14.0. The smallest absolute Gasteiger partial charge is 0.306 e. The molecule has 0 amide bonds. The quantitative estimate of drug-likeness (QED) is 0.437. The first-order chi connectivity index (χ1) is 9.46. The van der Waals surface area contributed by atoms with Crippen molar-refractivity contribution in [1.29, 1.82) is 0 Å². The predicted octanol–water partition coefficient (Wildman–Crippen LogP) is 4.09. The number of ether oxygens (including phenoxy) is 1. The summed E-state index contributed by atoms with van der Waals surface area (Å²) in [7, 11) is 1.43. The number of halogens is 1. The SMILES string of the molecule is COC(=O)CC1(CSc2ccc(C(C)=O)cc2Br)CC1. The molecule has 0 radical (unpaired) electrons. The molecule has 108 valence electrons. The molecule has 5 heteroatoms. The van der Waals surface area contributed by atoms with Crippen LogP contribution in [0.4, 0.5) is 0 Å². The lowest BCUT2D eigenvalue weighted by Gasteiger charge is -2.14. The lowest BCUT2D eigenvalue weighted by Crippen LogP contribution is -2.13. The molecule has 0 spiro atoms. The van der Waals surface area contributed by atoms with Crippen LogP contribution in [0.5, 0.6) is 0 Å². The van der Waals surface area contributed by atoms with Gasteiger partial charge in [-0.2, -0.15) is 0 Å². The zero-order chi connectivity index (χ0) is 14.8. The Morgan fingerprint density at radius 2 is 2.10 bits per heavy atom. The number of hydrogen-bond acceptors (Lipinski definition) is 4. The second-order valence-corrected chi connectivity index (χ2v) is 7.11. The van der Waals surface area contributed by atoms with Crippen LogP contribution in [0, 0.1) is 5.41 Å². The molecule has 20 heavy (non-hydrogen) atoms. The van der Waals surface area contributed by atoms with Crippen molar-refractivity contribution in [3.63, 3.8) is 0 Å². The monoisotopic (exact) mass is 356 g/mol. The average Bonchev–Trinajstić information content (AvgIpc) is 3.17. The summed E-state index contributed by atoms with van der Waals surface area (Å²) in [4.78, 5) is 23.8. The van der Waals surface area contributed by atoms with Gasteiger partial charge in [0.1, 0.15) is 0 Å². The van der Waals surface area contributed by atoms with E-state index in [1.54, 1.807) is 18.7 Å². The summed E-state index contributed by atoms with van der Waals surface area (Å²) in [5.74, 6) is 0.834. The molecule has 1 aromatic rings. The molecule has 2 rings (SSSR count). The molecule has 0 aliphatic heterocycles. The molecule has 1 saturated carbocycles. The van der Waals surface area contributed by atoms with Gasteiger partial charge in [-0.25, -0.2) is 0 Å². The largest absolute Gasteiger partial charge is 0.469 e. The van der Waals surface area contributed by atoms with Crippen molar-refractivity contribution in [1.82, 2.24) is 0 Å². The van der Waals surface area contributed by atoms with Crippen LogP contribution in [0.2, 0.25) is 0 Å². The van der Waals surface area contributed by atoms with E-state index in [9.17, 15) is 9.59 Å². The first-order valence-corrected chi connectivity index (χ1v) is 8.24. The lowest BCUT2D eigenvalue weighted by molar-refractivity contribution is -0.141. The van der Waals surface area contributed by atoms with Crippen LogP contribution in [0.25, 0.3) is 0 Å². The fraction of sp³-hybridized carbons (Fsp3) is 0.467. The zero-order valence-electron chi connectivity index (χ0n) is 11.6. The molecule has 0 heterocycles. The fourth-order valence-electron chi connectivity index (χ4n) is 2.00. The van der Waals surface area contributed by atoms with Crippen LogP contribution < -0.4 is 0 Å². The van der Waals surface area contributed by atoms with Gasteiger partial charge in [-0.1, -0.05) is 6.07 Å². The maximum absolute atomic E-state index is 11.4. The van der Waals surface area contributed by atoms with E-state index < -0.39 is 0 Å². The molecule has 1 aliphatic carbocycles. The fourth-order valence-corrected chi connectivity index (χ4v) is 3.93. The Labute approximate surface area is 131 Å². The summed E-state index contributed by atoms with van der Waals surface area (Å²) in [6, 6.07) is 5.65.